The molecule has 0 fully saturated rings. The maximum atomic E-state index is 11.9. The first-order chi connectivity index (χ1) is 11.6. The molecule has 2 aromatic rings. The Morgan fingerprint density at radius 2 is 1.67 bits per heavy atom. The van der Waals surface area contributed by atoms with Crippen molar-refractivity contribution in [2.24, 2.45) is 0 Å². The Bertz CT molecular complexity index is 696. The summed E-state index contributed by atoms with van der Waals surface area (Å²) in [6.07, 6.45) is 0.264. The molecule has 5 heteroatoms. The van der Waals surface area contributed by atoms with Crippen LogP contribution in [0, 0.1) is 6.92 Å². The highest BCUT2D eigenvalue weighted by molar-refractivity contribution is 5.85. The maximum Gasteiger partial charge on any atom is 0.239 e. The minimum absolute atomic E-state index is 0.0418. The Hall–Kier alpha value is -2.82. The van der Waals surface area contributed by atoms with Crippen LogP contribution in [-0.2, 0) is 22.6 Å². The van der Waals surface area contributed by atoms with Gasteiger partial charge in [-0.3, -0.25) is 9.59 Å². The number of amides is 2. The van der Waals surface area contributed by atoms with Crippen molar-refractivity contribution in [2.75, 3.05) is 13.7 Å². The lowest BCUT2D eigenvalue weighted by atomic mass is 10.1. The number of rotatable bonds is 7. The second-order valence-corrected chi connectivity index (χ2v) is 5.53. The molecular formula is C19H22N2O3. The van der Waals surface area contributed by atoms with Crippen LogP contribution in [0.25, 0.3) is 0 Å². The lowest BCUT2D eigenvalue weighted by Crippen LogP contribution is -2.37. The van der Waals surface area contributed by atoms with Gasteiger partial charge in [0, 0.05) is 12.1 Å². The molecule has 0 unspecified atom stereocenters. The van der Waals surface area contributed by atoms with Gasteiger partial charge in [0.15, 0.2) is 0 Å². The summed E-state index contributed by atoms with van der Waals surface area (Å²) in [7, 11) is 1.59. The van der Waals surface area contributed by atoms with Crippen LogP contribution in [0.15, 0.2) is 48.5 Å². The van der Waals surface area contributed by atoms with Gasteiger partial charge in [0.1, 0.15) is 5.75 Å². The Labute approximate surface area is 142 Å². The van der Waals surface area contributed by atoms with Crippen molar-refractivity contribution in [1.82, 2.24) is 10.6 Å². The van der Waals surface area contributed by atoms with Crippen molar-refractivity contribution >= 4 is 11.8 Å². The minimum Gasteiger partial charge on any atom is -0.496 e. The van der Waals surface area contributed by atoms with E-state index in [-0.39, 0.29) is 24.8 Å². The van der Waals surface area contributed by atoms with Gasteiger partial charge in [-0.25, -0.2) is 0 Å². The number of benzene rings is 2. The molecule has 0 aliphatic carbocycles. The van der Waals surface area contributed by atoms with E-state index in [1.807, 2.05) is 55.5 Å². The first-order valence-corrected chi connectivity index (χ1v) is 7.79. The van der Waals surface area contributed by atoms with Crippen molar-refractivity contribution in [1.29, 1.82) is 0 Å². The molecule has 0 aromatic heterocycles. The van der Waals surface area contributed by atoms with Crippen molar-refractivity contribution in [3.63, 3.8) is 0 Å². The lowest BCUT2D eigenvalue weighted by molar-refractivity contribution is -0.125. The fourth-order valence-corrected chi connectivity index (χ4v) is 2.24. The lowest BCUT2D eigenvalue weighted by Gasteiger charge is -2.10. The monoisotopic (exact) mass is 326 g/mol. The van der Waals surface area contributed by atoms with Crippen LogP contribution in [-0.4, -0.2) is 25.5 Å². The molecule has 0 saturated heterocycles. The van der Waals surface area contributed by atoms with Gasteiger partial charge in [0.2, 0.25) is 11.8 Å². The van der Waals surface area contributed by atoms with E-state index in [9.17, 15) is 9.59 Å². The van der Waals surface area contributed by atoms with E-state index in [4.69, 9.17) is 4.74 Å². The summed E-state index contributed by atoms with van der Waals surface area (Å²) >= 11 is 0. The van der Waals surface area contributed by atoms with Gasteiger partial charge in [-0.1, -0.05) is 48.0 Å². The van der Waals surface area contributed by atoms with Gasteiger partial charge in [0.25, 0.3) is 0 Å². The average molecular weight is 326 g/mol. The fraction of sp³-hybridized carbons (Fsp3) is 0.263. The third kappa shape index (κ3) is 5.43. The second kappa shape index (κ2) is 8.72. The largest absolute Gasteiger partial charge is 0.496 e. The minimum atomic E-state index is -0.238. The molecule has 0 spiro atoms. The highest BCUT2D eigenvalue weighted by Crippen LogP contribution is 2.16. The van der Waals surface area contributed by atoms with E-state index < -0.39 is 0 Å². The van der Waals surface area contributed by atoms with Gasteiger partial charge in [0.05, 0.1) is 20.1 Å². The predicted octanol–water partition coefficient (Wildman–Crippen LogP) is 1.98. The molecule has 2 N–H and O–H groups in total. The zero-order valence-electron chi connectivity index (χ0n) is 14.0. The van der Waals surface area contributed by atoms with Crippen LogP contribution in [0.2, 0.25) is 0 Å². The zero-order chi connectivity index (χ0) is 17.4. The SMILES string of the molecule is COc1ccccc1CNC(=O)CNC(=O)Cc1ccc(C)cc1. The molecule has 0 aliphatic rings. The molecular weight excluding hydrogens is 304 g/mol. The zero-order valence-corrected chi connectivity index (χ0v) is 14.0. The highest BCUT2D eigenvalue weighted by Gasteiger charge is 2.08. The summed E-state index contributed by atoms with van der Waals surface area (Å²) in [5.74, 6) is 0.311. The Kier molecular flexibility index (Phi) is 6.37. The molecule has 2 amide bonds. The Morgan fingerprint density at radius 1 is 0.958 bits per heavy atom. The summed E-state index contributed by atoms with van der Waals surface area (Å²) < 4.78 is 5.23. The molecule has 0 bridgehead atoms. The van der Waals surface area contributed by atoms with Crippen molar-refractivity contribution in [2.45, 2.75) is 19.9 Å². The third-order valence-corrected chi connectivity index (χ3v) is 3.60. The van der Waals surface area contributed by atoms with Gasteiger partial charge in [-0.2, -0.15) is 0 Å². The van der Waals surface area contributed by atoms with Crippen LogP contribution in [0.3, 0.4) is 0 Å². The summed E-state index contributed by atoms with van der Waals surface area (Å²) in [6, 6.07) is 15.2. The average Bonchev–Trinajstić information content (AvgIpc) is 2.60. The molecule has 0 saturated carbocycles. The maximum absolute atomic E-state index is 11.9. The quantitative estimate of drug-likeness (QED) is 0.817. The first kappa shape index (κ1) is 17.5. The van der Waals surface area contributed by atoms with Gasteiger partial charge < -0.3 is 15.4 Å². The van der Waals surface area contributed by atoms with E-state index >= 15 is 0 Å². The van der Waals surface area contributed by atoms with E-state index in [1.165, 1.54) is 0 Å². The van der Waals surface area contributed by atoms with Crippen molar-refractivity contribution < 1.29 is 14.3 Å². The molecule has 2 rings (SSSR count). The first-order valence-electron chi connectivity index (χ1n) is 7.79. The number of carbonyl (C=O) groups excluding carboxylic acids is 2. The normalized spacial score (nSPS) is 10.1. The fourth-order valence-electron chi connectivity index (χ4n) is 2.24. The van der Waals surface area contributed by atoms with Crippen LogP contribution in [0.4, 0.5) is 0 Å². The van der Waals surface area contributed by atoms with Crippen molar-refractivity contribution in [3.8, 4) is 5.75 Å². The molecule has 0 aliphatic heterocycles. The Balaban J connectivity index is 1.74. The predicted molar refractivity (Wildman–Crippen MR) is 92.7 cm³/mol. The topological polar surface area (TPSA) is 67.4 Å². The number of ether oxygens (including phenoxy) is 1. The molecule has 5 nitrogen and oxygen atoms in total. The molecule has 0 heterocycles. The summed E-state index contributed by atoms with van der Waals surface area (Å²) in [5, 5.41) is 5.39. The van der Waals surface area contributed by atoms with Crippen LogP contribution >= 0.6 is 0 Å². The summed E-state index contributed by atoms with van der Waals surface area (Å²) in [5.41, 5.74) is 2.96. The second-order valence-electron chi connectivity index (χ2n) is 5.53. The standard InChI is InChI=1S/C19H22N2O3/c1-14-7-9-15(10-8-14)11-18(22)21-13-19(23)20-12-16-5-3-4-6-17(16)24-2/h3-10H,11-13H2,1-2H3,(H,20,23)(H,21,22). The number of aryl methyl sites for hydroxylation is 1. The molecule has 24 heavy (non-hydrogen) atoms. The molecule has 0 atom stereocenters. The molecule has 0 radical (unpaired) electrons. The van der Waals surface area contributed by atoms with Gasteiger partial charge >= 0.3 is 0 Å². The van der Waals surface area contributed by atoms with Gasteiger partial charge in [-0.15, -0.1) is 0 Å². The number of hydrogen-bond acceptors (Lipinski definition) is 3. The number of methoxy groups -OCH3 is 1. The third-order valence-electron chi connectivity index (χ3n) is 3.60. The van der Waals surface area contributed by atoms with E-state index in [2.05, 4.69) is 10.6 Å². The highest BCUT2D eigenvalue weighted by atomic mass is 16.5. The number of nitrogens with one attached hydrogen (secondary N) is 2. The summed E-state index contributed by atoms with van der Waals surface area (Å²) in [4.78, 5) is 23.7. The number of para-hydroxylation sites is 1. The number of hydrogen-bond donors (Lipinski definition) is 2. The smallest absolute Gasteiger partial charge is 0.239 e. The summed E-state index contributed by atoms with van der Waals surface area (Å²) in [6.45, 7) is 2.31. The van der Waals surface area contributed by atoms with E-state index in [1.54, 1.807) is 7.11 Å². The Morgan fingerprint density at radius 3 is 2.38 bits per heavy atom. The van der Waals surface area contributed by atoms with Crippen LogP contribution in [0.5, 0.6) is 5.75 Å². The molecule has 126 valence electrons. The van der Waals surface area contributed by atoms with E-state index in [0.29, 0.717) is 6.54 Å². The van der Waals surface area contributed by atoms with Crippen molar-refractivity contribution in [3.05, 3.63) is 65.2 Å². The number of carbonyl (C=O) groups is 2. The van der Waals surface area contributed by atoms with Gasteiger partial charge in [-0.05, 0) is 18.6 Å². The van der Waals surface area contributed by atoms with E-state index in [0.717, 1.165) is 22.4 Å². The van der Waals surface area contributed by atoms with Crippen LogP contribution in [0.1, 0.15) is 16.7 Å². The molecule has 2 aromatic carbocycles. The van der Waals surface area contributed by atoms with Crippen LogP contribution < -0.4 is 15.4 Å².